The van der Waals surface area contributed by atoms with Crippen LogP contribution < -0.4 is 10.2 Å². The average Bonchev–Trinajstić information content (AvgIpc) is 3.55. The molecule has 9 nitrogen and oxygen atoms in total. The molecule has 3 saturated heterocycles. The van der Waals surface area contributed by atoms with Crippen LogP contribution in [0.3, 0.4) is 0 Å². The first-order valence-corrected chi connectivity index (χ1v) is 18.8. The molecule has 0 bridgehead atoms. The molecule has 0 spiro atoms. The number of ether oxygens (including phenoxy) is 1. The number of nitriles is 1. The molecule has 3 heterocycles. The quantitative estimate of drug-likeness (QED) is 0.323. The second kappa shape index (κ2) is 15.7. The van der Waals surface area contributed by atoms with Crippen LogP contribution in [0, 0.1) is 40.7 Å². The van der Waals surface area contributed by atoms with Crippen molar-refractivity contribution in [3.05, 3.63) is 64.7 Å². The lowest BCUT2D eigenvalue weighted by atomic mass is 9.58. The van der Waals surface area contributed by atoms with Gasteiger partial charge in [-0.1, -0.05) is 18.6 Å². The molecule has 0 aromatic heterocycles. The normalized spacial score (nSPS) is 24.6. The van der Waals surface area contributed by atoms with Crippen molar-refractivity contribution in [1.82, 2.24) is 20.0 Å². The third kappa shape index (κ3) is 8.20. The van der Waals surface area contributed by atoms with Gasteiger partial charge in [-0.25, -0.2) is 13.6 Å². The third-order valence-corrected chi connectivity index (χ3v) is 12.4. The summed E-state index contributed by atoms with van der Waals surface area (Å²) in [7, 11) is 5.16. The van der Waals surface area contributed by atoms with E-state index in [1.165, 1.54) is 13.2 Å². The van der Waals surface area contributed by atoms with Gasteiger partial charge in [-0.15, -0.1) is 0 Å². The average molecular weight is 707 g/mol. The van der Waals surface area contributed by atoms with Crippen molar-refractivity contribution in [2.24, 2.45) is 17.8 Å². The number of likely N-dealkylation sites (tertiary alicyclic amines) is 2. The van der Waals surface area contributed by atoms with Crippen LogP contribution in [0.1, 0.15) is 68.6 Å². The first kappa shape index (κ1) is 37.5. The summed E-state index contributed by atoms with van der Waals surface area (Å²) in [5.74, 6) is 0.265. The lowest BCUT2D eigenvalue weighted by Gasteiger charge is -2.53. The molecule has 6 rings (SSSR count). The molecule has 2 aromatic carbocycles. The minimum Gasteiger partial charge on any atom is -0.453 e. The molecule has 11 heteroatoms. The number of aliphatic hydroxyl groups is 1. The number of carbonyl (C=O) groups excluding carboxylic acids is 1. The summed E-state index contributed by atoms with van der Waals surface area (Å²) in [4.78, 5) is 21.6. The molecule has 278 valence electrons. The molecule has 2 aromatic rings. The summed E-state index contributed by atoms with van der Waals surface area (Å²) in [6, 6.07) is 12.7. The molecule has 3 aliphatic heterocycles. The van der Waals surface area contributed by atoms with Crippen LogP contribution in [-0.2, 0) is 16.7 Å². The van der Waals surface area contributed by atoms with Gasteiger partial charge >= 0.3 is 6.09 Å². The zero-order chi connectivity index (χ0) is 36.3. The van der Waals surface area contributed by atoms with Crippen molar-refractivity contribution < 1.29 is 23.4 Å². The molecule has 1 amide bonds. The van der Waals surface area contributed by atoms with Crippen molar-refractivity contribution >= 4 is 11.8 Å². The lowest BCUT2D eigenvalue weighted by molar-refractivity contribution is -0.0259. The number of piperidine rings is 2. The fraction of sp³-hybridized carbons (Fsp3) is 0.650. The number of benzene rings is 2. The summed E-state index contributed by atoms with van der Waals surface area (Å²) in [6.07, 6.45) is 5.67. The van der Waals surface area contributed by atoms with E-state index in [0.717, 1.165) is 90.0 Å². The first-order chi connectivity index (χ1) is 24.4. The topological polar surface area (TPSA) is 95.3 Å². The highest BCUT2D eigenvalue weighted by atomic mass is 19.1. The molecule has 51 heavy (non-hydrogen) atoms. The van der Waals surface area contributed by atoms with Crippen LogP contribution in [0.5, 0.6) is 0 Å². The van der Waals surface area contributed by atoms with E-state index in [1.54, 1.807) is 18.2 Å². The van der Waals surface area contributed by atoms with E-state index < -0.39 is 17.1 Å². The van der Waals surface area contributed by atoms with Crippen LogP contribution in [0.2, 0.25) is 0 Å². The zero-order valence-electron chi connectivity index (χ0n) is 30.8. The molecule has 1 saturated carbocycles. The molecule has 1 unspecified atom stereocenters. The van der Waals surface area contributed by atoms with Gasteiger partial charge < -0.3 is 34.8 Å². The summed E-state index contributed by atoms with van der Waals surface area (Å²) in [5.41, 5.74) is 1.35. The van der Waals surface area contributed by atoms with E-state index in [2.05, 4.69) is 32.2 Å². The van der Waals surface area contributed by atoms with Gasteiger partial charge in [-0.3, -0.25) is 0 Å². The van der Waals surface area contributed by atoms with Gasteiger partial charge in [0.1, 0.15) is 5.82 Å². The number of anilines is 1. The fourth-order valence-corrected chi connectivity index (χ4v) is 9.70. The van der Waals surface area contributed by atoms with Crippen molar-refractivity contribution in [3.63, 3.8) is 0 Å². The summed E-state index contributed by atoms with van der Waals surface area (Å²) in [5, 5.41) is 23.5. The Labute approximate surface area is 302 Å². The van der Waals surface area contributed by atoms with Gasteiger partial charge in [-0.2, -0.15) is 5.26 Å². The van der Waals surface area contributed by atoms with Crippen molar-refractivity contribution in [2.75, 3.05) is 78.5 Å². The van der Waals surface area contributed by atoms with Crippen LogP contribution in [0.15, 0.2) is 36.4 Å². The summed E-state index contributed by atoms with van der Waals surface area (Å²) in [6.45, 7) is 8.94. The van der Waals surface area contributed by atoms with E-state index in [4.69, 9.17) is 4.74 Å². The largest absolute Gasteiger partial charge is 0.453 e. The minimum absolute atomic E-state index is 0.0755. The number of halogens is 2. The number of nitrogens with zero attached hydrogens (tertiary/aromatic N) is 5. The molecule has 3 atom stereocenters. The molecule has 0 radical (unpaired) electrons. The maximum atomic E-state index is 15.6. The van der Waals surface area contributed by atoms with E-state index in [0.29, 0.717) is 42.1 Å². The van der Waals surface area contributed by atoms with Crippen LogP contribution in [-0.4, -0.2) is 111 Å². The van der Waals surface area contributed by atoms with Crippen molar-refractivity contribution in [2.45, 2.75) is 75.5 Å². The number of nitrogens with one attached hydrogen (secondary N) is 1. The number of methoxy groups -OCH3 is 1. The number of rotatable bonds is 11. The second-order valence-corrected chi connectivity index (χ2v) is 16.2. The Balaban J connectivity index is 1.19. The van der Waals surface area contributed by atoms with Gasteiger partial charge in [0.2, 0.25) is 0 Å². The smallest absolute Gasteiger partial charge is 0.407 e. The van der Waals surface area contributed by atoms with E-state index in [-0.39, 0.29) is 29.5 Å². The van der Waals surface area contributed by atoms with Gasteiger partial charge in [0.05, 0.1) is 30.0 Å². The Morgan fingerprint density at radius 2 is 1.80 bits per heavy atom. The Bertz CT molecular complexity index is 1560. The number of hydrogen-bond acceptors (Lipinski definition) is 8. The number of alkyl carbamates (subject to hydrolysis) is 1. The van der Waals surface area contributed by atoms with E-state index >= 15 is 8.78 Å². The standard InChI is InChI=1S/C40H56F2N6O3/c1-39(50)15-19-47(20-16-39)27-40(31-7-5-8-32(41)21-31,34-9-6-10-35(34)44-38(49)51-4)30-13-17-46(18-14-30)23-28-24-48(25-28)36-12-11-29(22-43)33(37(36)42)26-45(2)3/h5,7-8,11-12,21,28,30,34-35,50H,6,9-10,13-20,23-27H2,1-4H3,(H,44,49)/t34-,35-,40?/m0/s1. The lowest BCUT2D eigenvalue weighted by Crippen LogP contribution is -2.59. The van der Waals surface area contributed by atoms with Gasteiger partial charge in [0.25, 0.3) is 0 Å². The third-order valence-electron chi connectivity index (χ3n) is 12.4. The molecule has 4 fully saturated rings. The predicted octanol–water partition coefficient (Wildman–Crippen LogP) is 5.36. The minimum atomic E-state index is -0.677. The first-order valence-electron chi connectivity index (χ1n) is 18.8. The Morgan fingerprint density at radius 3 is 2.45 bits per heavy atom. The highest BCUT2D eigenvalue weighted by Crippen LogP contribution is 2.51. The van der Waals surface area contributed by atoms with Crippen LogP contribution >= 0.6 is 0 Å². The highest BCUT2D eigenvalue weighted by molar-refractivity contribution is 5.67. The second-order valence-electron chi connectivity index (χ2n) is 16.2. The van der Waals surface area contributed by atoms with Crippen molar-refractivity contribution in [3.8, 4) is 6.07 Å². The Kier molecular flexibility index (Phi) is 11.6. The van der Waals surface area contributed by atoms with Gasteiger partial charge in [0.15, 0.2) is 5.82 Å². The molecule has 1 aliphatic carbocycles. The van der Waals surface area contributed by atoms with Crippen LogP contribution in [0.25, 0.3) is 0 Å². The number of hydrogen-bond donors (Lipinski definition) is 2. The maximum Gasteiger partial charge on any atom is 0.407 e. The van der Waals surface area contributed by atoms with Crippen molar-refractivity contribution in [1.29, 1.82) is 5.26 Å². The summed E-state index contributed by atoms with van der Waals surface area (Å²) < 4.78 is 35.8. The monoisotopic (exact) mass is 706 g/mol. The Hall–Kier alpha value is -3.30. The number of carbonyl (C=O) groups is 1. The Morgan fingerprint density at radius 1 is 1.08 bits per heavy atom. The molecule has 4 aliphatic rings. The van der Waals surface area contributed by atoms with E-state index in [1.807, 2.05) is 32.0 Å². The highest BCUT2D eigenvalue weighted by Gasteiger charge is 2.53. The van der Waals surface area contributed by atoms with Gasteiger partial charge in [0, 0.05) is 68.8 Å². The fourth-order valence-electron chi connectivity index (χ4n) is 9.70. The summed E-state index contributed by atoms with van der Waals surface area (Å²) >= 11 is 0. The molecular formula is C40H56F2N6O3. The van der Waals surface area contributed by atoms with E-state index in [9.17, 15) is 15.2 Å². The molecular weight excluding hydrogens is 650 g/mol. The maximum absolute atomic E-state index is 15.6. The van der Waals surface area contributed by atoms with Crippen LogP contribution in [0.4, 0.5) is 19.3 Å². The predicted molar refractivity (Wildman–Crippen MR) is 194 cm³/mol. The van der Waals surface area contributed by atoms with Gasteiger partial charge in [-0.05, 0) is 114 Å². The molecule has 2 N–H and O–H groups in total. The zero-order valence-corrected chi connectivity index (χ0v) is 30.8. The SMILES string of the molecule is COC(=O)N[C@H]1CCC[C@@H]1C(CN1CCC(C)(O)CC1)(c1cccc(F)c1)C1CCN(CC2CN(c3ccc(C#N)c(CN(C)C)c3F)C2)CC1. The number of amides is 1.